The van der Waals surface area contributed by atoms with Crippen LogP contribution in [0.4, 0.5) is 10.1 Å². The molecular weight excluding hydrogens is 385 g/mol. The molecule has 1 aliphatic rings. The lowest BCUT2D eigenvalue weighted by atomic mass is 10.1. The molecule has 2 N–H and O–H groups in total. The van der Waals surface area contributed by atoms with Gasteiger partial charge in [0.1, 0.15) is 5.82 Å². The van der Waals surface area contributed by atoms with Crippen molar-refractivity contribution in [2.45, 2.75) is 45.2 Å². The van der Waals surface area contributed by atoms with Gasteiger partial charge in [0, 0.05) is 17.3 Å². The van der Waals surface area contributed by atoms with Crippen LogP contribution in [0, 0.1) is 12.7 Å². The first-order valence-electron chi connectivity index (χ1n) is 9.96. The first-order valence-corrected chi connectivity index (χ1v) is 10.4. The SMILES string of the molecule is Cc1cccc2cc(CN(C(=S)Nc3ccc(F)cc3)C3CCCC3)c(=O)[nH]c12. The third-order valence-corrected chi connectivity index (χ3v) is 5.96. The topological polar surface area (TPSA) is 48.1 Å². The van der Waals surface area contributed by atoms with Crippen molar-refractivity contribution >= 4 is 33.9 Å². The number of aromatic nitrogens is 1. The molecule has 0 aliphatic heterocycles. The minimum Gasteiger partial charge on any atom is -0.342 e. The van der Waals surface area contributed by atoms with Gasteiger partial charge in [0.05, 0.1) is 12.1 Å². The molecule has 0 spiro atoms. The third-order valence-electron chi connectivity index (χ3n) is 5.63. The van der Waals surface area contributed by atoms with Gasteiger partial charge in [0.15, 0.2) is 5.11 Å². The zero-order chi connectivity index (χ0) is 20.4. The Kier molecular flexibility index (Phi) is 5.62. The first kappa shape index (κ1) is 19.6. The summed E-state index contributed by atoms with van der Waals surface area (Å²) >= 11 is 5.69. The van der Waals surface area contributed by atoms with Crippen LogP contribution in [0.5, 0.6) is 0 Å². The molecule has 2 aromatic carbocycles. The molecule has 6 heteroatoms. The Labute approximate surface area is 174 Å². The summed E-state index contributed by atoms with van der Waals surface area (Å²) in [6, 6.07) is 14.4. The predicted molar refractivity (Wildman–Crippen MR) is 120 cm³/mol. The van der Waals surface area contributed by atoms with Crippen LogP contribution in [0.25, 0.3) is 10.9 Å². The Morgan fingerprint density at radius 1 is 1.21 bits per heavy atom. The molecule has 150 valence electrons. The highest BCUT2D eigenvalue weighted by Crippen LogP contribution is 2.26. The van der Waals surface area contributed by atoms with Crippen LogP contribution in [0.2, 0.25) is 0 Å². The van der Waals surface area contributed by atoms with Crippen molar-refractivity contribution in [2.24, 2.45) is 0 Å². The second-order valence-corrected chi connectivity index (χ2v) is 8.05. The minimum atomic E-state index is -0.285. The van der Waals surface area contributed by atoms with Crippen molar-refractivity contribution in [3.63, 3.8) is 0 Å². The molecular formula is C23H24FN3OS. The molecule has 0 unspecified atom stereocenters. The summed E-state index contributed by atoms with van der Waals surface area (Å²) < 4.78 is 13.2. The summed E-state index contributed by atoms with van der Waals surface area (Å²) in [5, 5.41) is 4.79. The van der Waals surface area contributed by atoms with Crippen LogP contribution in [0.15, 0.2) is 53.3 Å². The number of nitrogens with zero attached hydrogens (tertiary/aromatic N) is 1. The van der Waals surface area contributed by atoms with Crippen molar-refractivity contribution in [3.8, 4) is 0 Å². The normalized spacial score (nSPS) is 14.3. The summed E-state index contributed by atoms with van der Waals surface area (Å²) in [6.45, 7) is 2.43. The fourth-order valence-electron chi connectivity index (χ4n) is 4.04. The van der Waals surface area contributed by atoms with E-state index in [-0.39, 0.29) is 11.4 Å². The first-order chi connectivity index (χ1) is 14.0. The number of rotatable bonds is 4. The molecule has 1 aromatic heterocycles. The number of thiocarbonyl (C=S) groups is 1. The Morgan fingerprint density at radius 3 is 2.66 bits per heavy atom. The molecule has 1 saturated carbocycles. The number of benzene rings is 2. The number of nitrogens with one attached hydrogen (secondary N) is 2. The zero-order valence-electron chi connectivity index (χ0n) is 16.4. The van der Waals surface area contributed by atoms with E-state index in [2.05, 4.69) is 15.2 Å². The van der Waals surface area contributed by atoms with Gasteiger partial charge in [-0.1, -0.05) is 31.0 Å². The van der Waals surface area contributed by atoms with Gasteiger partial charge >= 0.3 is 0 Å². The van der Waals surface area contributed by atoms with Gasteiger partial charge in [0.25, 0.3) is 5.56 Å². The number of pyridine rings is 1. The van der Waals surface area contributed by atoms with Crippen LogP contribution in [-0.2, 0) is 6.54 Å². The van der Waals surface area contributed by atoms with E-state index in [0.717, 1.165) is 47.8 Å². The number of para-hydroxylation sites is 1. The molecule has 0 bridgehead atoms. The molecule has 1 heterocycles. The van der Waals surface area contributed by atoms with Gasteiger partial charge in [0.2, 0.25) is 0 Å². The van der Waals surface area contributed by atoms with Crippen molar-refractivity contribution in [3.05, 3.63) is 75.8 Å². The van der Waals surface area contributed by atoms with Gasteiger partial charge in [-0.2, -0.15) is 0 Å². The van der Waals surface area contributed by atoms with E-state index in [9.17, 15) is 9.18 Å². The highest BCUT2D eigenvalue weighted by atomic mass is 32.1. The van der Waals surface area contributed by atoms with Crippen molar-refractivity contribution in [1.82, 2.24) is 9.88 Å². The monoisotopic (exact) mass is 409 g/mol. The average molecular weight is 410 g/mol. The largest absolute Gasteiger partial charge is 0.342 e. The maximum Gasteiger partial charge on any atom is 0.253 e. The van der Waals surface area contributed by atoms with E-state index in [1.807, 2.05) is 31.2 Å². The van der Waals surface area contributed by atoms with E-state index in [1.165, 1.54) is 12.1 Å². The molecule has 29 heavy (non-hydrogen) atoms. The number of hydrogen-bond donors (Lipinski definition) is 2. The van der Waals surface area contributed by atoms with Crippen molar-refractivity contribution < 1.29 is 4.39 Å². The van der Waals surface area contributed by atoms with Crippen LogP contribution >= 0.6 is 12.2 Å². The lowest BCUT2D eigenvalue weighted by Gasteiger charge is -2.31. The maximum atomic E-state index is 13.2. The maximum absolute atomic E-state index is 13.2. The molecule has 4 rings (SSSR count). The number of anilines is 1. The standard InChI is InChI=1S/C23H24FN3OS/c1-15-5-4-6-16-13-17(22(28)26-21(15)16)14-27(20-7-2-3-8-20)23(29)25-19-11-9-18(24)10-12-19/h4-6,9-13,20H,2-3,7-8,14H2,1H3,(H,25,29)(H,26,28). The highest BCUT2D eigenvalue weighted by Gasteiger charge is 2.25. The summed E-state index contributed by atoms with van der Waals surface area (Å²) in [4.78, 5) is 17.9. The van der Waals surface area contributed by atoms with Crippen LogP contribution < -0.4 is 10.9 Å². The minimum absolute atomic E-state index is 0.0839. The van der Waals surface area contributed by atoms with Gasteiger partial charge in [-0.3, -0.25) is 4.79 Å². The molecule has 0 radical (unpaired) electrons. The highest BCUT2D eigenvalue weighted by molar-refractivity contribution is 7.80. The number of H-pyrrole nitrogens is 1. The number of fused-ring (bicyclic) bond motifs is 1. The molecule has 0 amide bonds. The van der Waals surface area contributed by atoms with Crippen LogP contribution in [-0.4, -0.2) is 21.0 Å². The second kappa shape index (κ2) is 8.33. The number of halogens is 1. The van der Waals surface area contributed by atoms with Crippen molar-refractivity contribution in [1.29, 1.82) is 0 Å². The van der Waals surface area contributed by atoms with E-state index in [1.54, 1.807) is 12.1 Å². The van der Waals surface area contributed by atoms with Crippen molar-refractivity contribution in [2.75, 3.05) is 5.32 Å². The molecule has 3 aromatic rings. The van der Waals surface area contributed by atoms with Crippen LogP contribution in [0.1, 0.15) is 36.8 Å². The molecule has 0 saturated heterocycles. The van der Waals surface area contributed by atoms with Gasteiger partial charge < -0.3 is 15.2 Å². The Balaban J connectivity index is 1.63. The van der Waals surface area contributed by atoms with E-state index in [0.29, 0.717) is 23.3 Å². The molecule has 4 nitrogen and oxygen atoms in total. The third kappa shape index (κ3) is 4.32. The quantitative estimate of drug-likeness (QED) is 0.588. The summed E-state index contributed by atoms with van der Waals surface area (Å²) in [5.74, 6) is -0.285. The van der Waals surface area contributed by atoms with Gasteiger partial charge in [-0.25, -0.2) is 4.39 Å². The lowest BCUT2D eigenvalue weighted by Crippen LogP contribution is -2.42. The molecule has 0 atom stereocenters. The Morgan fingerprint density at radius 2 is 1.93 bits per heavy atom. The fraction of sp³-hybridized carbons (Fsp3) is 0.304. The van der Waals surface area contributed by atoms with Crippen LogP contribution in [0.3, 0.4) is 0 Å². The smallest absolute Gasteiger partial charge is 0.253 e. The molecule has 1 fully saturated rings. The zero-order valence-corrected chi connectivity index (χ0v) is 17.2. The second-order valence-electron chi connectivity index (χ2n) is 7.67. The number of aryl methyl sites for hydroxylation is 1. The Hall–Kier alpha value is -2.73. The summed E-state index contributed by atoms with van der Waals surface area (Å²) in [5.41, 5.74) is 3.27. The predicted octanol–water partition coefficient (Wildman–Crippen LogP) is 5.12. The number of hydrogen-bond acceptors (Lipinski definition) is 2. The van der Waals surface area contributed by atoms with Gasteiger partial charge in [-0.15, -0.1) is 0 Å². The fourth-order valence-corrected chi connectivity index (χ4v) is 4.37. The molecule has 1 aliphatic carbocycles. The summed E-state index contributed by atoms with van der Waals surface area (Å²) in [6.07, 6.45) is 4.42. The average Bonchev–Trinajstić information content (AvgIpc) is 3.23. The lowest BCUT2D eigenvalue weighted by molar-refractivity contribution is 0.311. The summed E-state index contributed by atoms with van der Waals surface area (Å²) in [7, 11) is 0. The van der Waals surface area contributed by atoms with E-state index in [4.69, 9.17) is 12.2 Å². The van der Waals surface area contributed by atoms with Gasteiger partial charge in [-0.05, 0) is 73.3 Å². The Bertz CT molecular complexity index is 1090. The van der Waals surface area contributed by atoms with E-state index >= 15 is 0 Å². The number of aromatic amines is 1. The van der Waals surface area contributed by atoms with E-state index < -0.39 is 0 Å².